The van der Waals surface area contributed by atoms with E-state index in [1.807, 2.05) is 45.0 Å². The largest absolute Gasteiger partial charge is 0.772 e. The standard InChI is InChI=1S/C22H36N2O2.C19H31NO.C17H28N2.2C13H21N.5C4H10O2S/c1-5-6-7-8-9-10-18-11-13-20(14-12-18)24-16-15-19(17-24)23-21(25)26-22(2,3)4;1-4-5-6-7-8-9-18-10-12-19(13-11-18)20-14-16(2)21-17(3)15-20;1-2-3-4-5-6-7-15-8-10-17(11-9-15)19-13-12-16(18)14-19;1-2-3-4-5-6-8-12-9-7-10-13(14)11-12;1-2-3-4-5-6-7-12-8-10-13(14)11-9-12;5*1-4(2,3)7(5)6/h11-14,19H,5-10,15-17H2,1-4H3,(H,23,25);10-13,16-17H,4-9,14-15H2,1-3H3;8-11,16H,2-7,12-14,18H2,1H3;7,9-11H,2-6,8,14H2,1H3;8-11H,2-7,14H2,1H3;5*1-3H3,(H,5,6)/p-5/t;16-,17+;;;;;;;;. The Balaban J connectivity index is 0. The summed E-state index contributed by atoms with van der Waals surface area (Å²) in [6.45, 7) is 51.9. The molecule has 1 amide bonds. The monoisotopic (exact) mass is 1900 g/mol. The maximum atomic E-state index is 11.9. The van der Waals surface area contributed by atoms with Crippen LogP contribution in [0.15, 0.2) is 121 Å². The van der Waals surface area contributed by atoms with Crippen molar-refractivity contribution in [2.75, 3.05) is 65.4 Å². The number of alkyl carbamates (subject to hydrolysis) is 1. The third-order valence-electron chi connectivity index (χ3n) is 20.7. The minimum Gasteiger partial charge on any atom is -0.772 e. The van der Waals surface area contributed by atoms with Crippen molar-refractivity contribution in [1.29, 1.82) is 0 Å². The summed E-state index contributed by atoms with van der Waals surface area (Å²) in [4.78, 5) is 19.1. The minimum absolute atomic E-state index is 0.156. The van der Waals surface area contributed by atoms with E-state index in [0.29, 0.717) is 18.2 Å². The first-order valence-corrected chi connectivity index (χ1v) is 53.7. The number of nitrogens with one attached hydrogen (secondary N) is 1. The molecule has 3 aliphatic heterocycles. The summed E-state index contributed by atoms with van der Waals surface area (Å²) in [5, 5.41) is 2.99. The number of benzene rings is 5. The Morgan fingerprint density at radius 1 is 0.364 bits per heavy atom. The molecule has 0 radical (unpaired) electrons. The molecule has 3 saturated heterocycles. The minimum atomic E-state index is -1.93. The average Bonchev–Trinajstić information content (AvgIpc) is 1.75. The van der Waals surface area contributed by atoms with Crippen molar-refractivity contribution >= 4 is 89.9 Å². The molecule has 0 bridgehead atoms. The Morgan fingerprint density at radius 3 is 0.891 bits per heavy atom. The van der Waals surface area contributed by atoms with Crippen molar-refractivity contribution in [3.8, 4) is 0 Å². The van der Waals surface area contributed by atoms with Crippen LogP contribution >= 0.6 is 0 Å². The Bertz CT molecular complexity index is 3600. The number of carbonyl (C=O) groups excluding carboxylic acids is 1. The fraction of sp³-hybridized carbons (Fsp3) is 0.702. The zero-order valence-corrected chi connectivity index (χ0v) is 89.2. The first-order valence-electron chi connectivity index (χ1n) is 48.3. The number of amides is 1. The van der Waals surface area contributed by atoms with Crippen LogP contribution in [-0.2, 0) is 97.0 Å². The van der Waals surface area contributed by atoms with Crippen LogP contribution < -0.4 is 37.2 Å². The van der Waals surface area contributed by atoms with Gasteiger partial charge < -0.3 is 69.5 Å². The molecule has 746 valence electrons. The van der Waals surface area contributed by atoms with Crippen LogP contribution in [0.25, 0.3) is 0 Å². The van der Waals surface area contributed by atoms with E-state index >= 15 is 0 Å². The molecule has 0 saturated carbocycles. The lowest BCUT2D eigenvalue weighted by Gasteiger charge is -2.36. The molecule has 25 heteroatoms. The summed E-state index contributed by atoms with van der Waals surface area (Å²) in [7, 11) is 0. The second-order valence-electron chi connectivity index (χ2n) is 40.3. The van der Waals surface area contributed by atoms with Gasteiger partial charge in [-0.2, -0.15) is 0 Å². The summed E-state index contributed by atoms with van der Waals surface area (Å²) in [6.07, 6.45) is 42.1. The number of ether oxygens (including phenoxy) is 2. The van der Waals surface area contributed by atoms with Crippen LogP contribution in [0.3, 0.4) is 0 Å². The second kappa shape index (κ2) is 70.5. The van der Waals surface area contributed by atoms with Crippen molar-refractivity contribution in [2.24, 2.45) is 5.73 Å². The molecule has 8 rings (SSSR count). The Morgan fingerprint density at radius 2 is 0.628 bits per heavy atom. The van der Waals surface area contributed by atoms with Gasteiger partial charge >= 0.3 is 6.09 Å². The van der Waals surface area contributed by atoms with Crippen molar-refractivity contribution in [3.63, 3.8) is 0 Å². The highest BCUT2D eigenvalue weighted by atomic mass is 32.2. The van der Waals surface area contributed by atoms with Crippen LogP contribution in [-0.4, -0.2) is 143 Å². The van der Waals surface area contributed by atoms with Gasteiger partial charge in [-0.25, -0.2) is 4.79 Å². The third-order valence-corrected chi connectivity index (χ3v) is 25.7. The number of hydrogen-bond acceptors (Lipinski definition) is 19. The molecule has 5 aromatic carbocycles. The summed E-state index contributed by atoms with van der Waals surface area (Å²) < 4.78 is 108. The molecule has 5 aromatic rings. The molecule has 3 fully saturated rings. The number of anilines is 5. The molecule has 3 heterocycles. The summed E-state index contributed by atoms with van der Waals surface area (Å²) >= 11 is -9.66. The second-order valence-corrected chi connectivity index (χ2v) is 48.7. The van der Waals surface area contributed by atoms with Gasteiger partial charge in [0, 0.05) is 97.5 Å². The maximum Gasteiger partial charge on any atom is 0.407 e. The van der Waals surface area contributed by atoms with Crippen molar-refractivity contribution in [3.05, 3.63) is 149 Å². The summed E-state index contributed by atoms with van der Waals surface area (Å²) in [5.74, 6) is 0. The number of unbranched alkanes of at least 4 members (excludes halogenated alkanes) is 20. The number of carbonyl (C=O) groups is 1. The number of nitrogens with two attached hydrogens (primary N) is 3. The van der Waals surface area contributed by atoms with Gasteiger partial charge in [-0.3, -0.25) is 21.0 Å². The molecule has 7 N–H and O–H groups in total. The van der Waals surface area contributed by atoms with Crippen LogP contribution in [0.5, 0.6) is 0 Å². The van der Waals surface area contributed by atoms with Crippen LogP contribution in [0.1, 0.15) is 374 Å². The van der Waals surface area contributed by atoms with Crippen LogP contribution in [0.2, 0.25) is 0 Å². The van der Waals surface area contributed by atoms with E-state index in [0.717, 1.165) is 63.5 Å². The quantitative estimate of drug-likeness (QED) is 0.0169. The number of morpholine rings is 1. The molecule has 0 aliphatic carbocycles. The zero-order valence-electron chi connectivity index (χ0n) is 85.1. The molecular weight excluding hydrogens is 1720 g/mol. The van der Waals surface area contributed by atoms with Gasteiger partial charge in [0.05, 0.1) is 18.2 Å². The van der Waals surface area contributed by atoms with E-state index in [4.69, 9.17) is 26.7 Å². The predicted octanol–water partition coefficient (Wildman–Crippen LogP) is 24.7. The Hall–Kier alpha value is -5.16. The van der Waals surface area contributed by atoms with E-state index in [2.05, 4.69) is 166 Å². The first kappa shape index (κ1) is 126. The van der Waals surface area contributed by atoms with Crippen LogP contribution in [0.4, 0.5) is 33.2 Å². The maximum absolute atomic E-state index is 11.9. The van der Waals surface area contributed by atoms with Crippen molar-refractivity contribution in [2.45, 2.75) is 432 Å². The van der Waals surface area contributed by atoms with Gasteiger partial charge in [-0.15, -0.1) is 0 Å². The van der Waals surface area contributed by atoms with E-state index in [9.17, 15) is 48.6 Å². The third kappa shape index (κ3) is 69.3. The lowest BCUT2D eigenvalue weighted by atomic mass is 10.0. The van der Waals surface area contributed by atoms with Gasteiger partial charge in [0.2, 0.25) is 0 Å². The lowest BCUT2D eigenvalue weighted by molar-refractivity contribution is -0.00523. The highest BCUT2D eigenvalue weighted by Crippen LogP contribution is 2.27. The van der Waals surface area contributed by atoms with E-state index in [1.165, 1.54) is 238 Å². The SMILES string of the molecule is CC(C)(C)S(=O)[O-].CC(C)(C)S(=O)[O-].CC(C)(C)S(=O)[O-].CC(C)(C)S(=O)[O-].CC(C)(C)S(=O)[O-].CCCCCCCc1ccc(N)cc1.CCCCCCCc1ccc(N2CCC(N)C2)cc1.CCCCCCCc1ccc(N2CCC(NC(=O)OC(C)(C)C)C2)cc1.CCCCCCCc1ccc(N2C[C@@H](C)O[C@@H](C)C2)cc1.CCCCCCCc1cccc(N)c1. The van der Waals surface area contributed by atoms with Crippen molar-refractivity contribution in [1.82, 2.24) is 5.32 Å². The van der Waals surface area contributed by atoms with Gasteiger partial charge in [-0.05, 0) is 359 Å². The summed E-state index contributed by atoms with van der Waals surface area (Å²) in [5.41, 5.74) is 29.7. The highest BCUT2D eigenvalue weighted by molar-refractivity contribution is 7.81. The van der Waals surface area contributed by atoms with E-state index in [-0.39, 0.29) is 12.1 Å². The Labute approximate surface area is 800 Å². The van der Waals surface area contributed by atoms with Gasteiger partial charge in [0.1, 0.15) is 5.60 Å². The first-order chi connectivity index (χ1) is 60.2. The number of rotatable bonds is 34. The molecule has 129 heavy (non-hydrogen) atoms. The molecule has 0 aromatic heterocycles. The van der Waals surface area contributed by atoms with Gasteiger partial charge in [0.15, 0.2) is 0 Å². The van der Waals surface area contributed by atoms with E-state index < -0.39 is 84.7 Å². The van der Waals surface area contributed by atoms with Crippen LogP contribution in [0, 0.1) is 0 Å². The molecule has 7 unspecified atom stereocenters. The molecule has 0 spiro atoms. The van der Waals surface area contributed by atoms with Crippen molar-refractivity contribution < 1.29 is 58.1 Å². The zero-order chi connectivity index (χ0) is 98.4. The fourth-order valence-corrected chi connectivity index (χ4v) is 12.7. The highest BCUT2D eigenvalue weighted by Gasteiger charge is 2.27. The topological polar surface area (TPSA) is 336 Å². The Kier molecular flexibility index (Phi) is 68.8. The van der Waals surface area contributed by atoms with E-state index in [1.54, 1.807) is 104 Å². The smallest absolute Gasteiger partial charge is 0.407 e. The molecular formula is C104H182N7O13S5-5. The number of nitrogens with zero attached hydrogens (tertiary/aromatic N) is 3. The van der Waals surface area contributed by atoms with Gasteiger partial charge in [0.25, 0.3) is 0 Å². The van der Waals surface area contributed by atoms with Gasteiger partial charge in [-0.1, -0.05) is 224 Å². The number of hydrogen-bond donors (Lipinski definition) is 4. The predicted molar refractivity (Wildman–Crippen MR) is 554 cm³/mol. The molecule has 20 nitrogen and oxygen atoms in total. The number of nitrogen functional groups attached to an aromatic ring is 2. The molecule has 3 aliphatic rings. The lowest BCUT2D eigenvalue weighted by Crippen LogP contribution is -2.45. The molecule has 9 atom stereocenters. The number of aryl methyl sites for hydroxylation is 5. The fourth-order valence-electron chi connectivity index (χ4n) is 12.7. The summed E-state index contributed by atoms with van der Waals surface area (Å²) in [6, 6.07) is 44.2. The average molecular weight is 1900 g/mol. The normalized spacial score (nSPS) is 16.7.